The molecule has 0 saturated carbocycles. The molecule has 1 heterocycles. The first kappa shape index (κ1) is 13.2. The lowest BCUT2D eigenvalue weighted by Crippen LogP contribution is -2.32. The van der Waals surface area contributed by atoms with E-state index < -0.39 is 12.0 Å². The van der Waals surface area contributed by atoms with E-state index in [1.54, 1.807) is 24.0 Å². The van der Waals surface area contributed by atoms with Gasteiger partial charge in [-0.05, 0) is 6.42 Å². The van der Waals surface area contributed by atoms with Crippen LogP contribution < -0.4 is 11.1 Å². The maximum atomic E-state index is 11.5. The van der Waals surface area contributed by atoms with Crippen LogP contribution in [-0.2, 0) is 21.4 Å². The number of amides is 1. The standard InChI is InChI=1S/C10H16N4O3/c1-14-6-5-12-10(14)13-8(15)4-3-7(11)9(16)17-2/h5-7H,3-4,11H2,1-2H3,(H,12,13,15)/t7-/m0/s1. The van der Waals surface area contributed by atoms with Crippen LogP contribution in [0.1, 0.15) is 12.8 Å². The van der Waals surface area contributed by atoms with Gasteiger partial charge in [0.1, 0.15) is 6.04 Å². The van der Waals surface area contributed by atoms with Crippen molar-refractivity contribution in [3.8, 4) is 0 Å². The molecule has 0 aliphatic rings. The van der Waals surface area contributed by atoms with Crippen molar-refractivity contribution in [2.24, 2.45) is 12.8 Å². The zero-order valence-electron chi connectivity index (χ0n) is 9.84. The number of carbonyl (C=O) groups excluding carboxylic acids is 2. The maximum absolute atomic E-state index is 11.5. The molecule has 3 N–H and O–H groups in total. The van der Waals surface area contributed by atoms with Crippen molar-refractivity contribution in [1.82, 2.24) is 9.55 Å². The second-order valence-electron chi connectivity index (χ2n) is 3.58. The molecule has 1 aromatic rings. The van der Waals surface area contributed by atoms with Crippen LogP contribution >= 0.6 is 0 Å². The Kier molecular flexibility index (Phi) is 4.65. The first-order valence-electron chi connectivity index (χ1n) is 5.15. The minimum Gasteiger partial charge on any atom is -0.468 e. The number of ether oxygens (including phenoxy) is 1. The lowest BCUT2D eigenvalue weighted by molar-refractivity contribution is -0.142. The van der Waals surface area contributed by atoms with Crippen LogP contribution in [0.25, 0.3) is 0 Å². The second kappa shape index (κ2) is 6.00. The molecule has 7 heteroatoms. The monoisotopic (exact) mass is 240 g/mol. The Labute approximate surface area is 99.0 Å². The maximum Gasteiger partial charge on any atom is 0.322 e. The Balaban J connectivity index is 2.36. The smallest absolute Gasteiger partial charge is 0.322 e. The third-order valence-corrected chi connectivity index (χ3v) is 2.26. The van der Waals surface area contributed by atoms with Gasteiger partial charge in [-0.3, -0.25) is 14.9 Å². The average Bonchev–Trinajstić information content (AvgIpc) is 2.71. The van der Waals surface area contributed by atoms with Crippen molar-refractivity contribution in [2.75, 3.05) is 12.4 Å². The first-order valence-corrected chi connectivity index (χ1v) is 5.15. The van der Waals surface area contributed by atoms with Crippen LogP contribution in [-0.4, -0.2) is 34.6 Å². The molecule has 0 unspecified atom stereocenters. The minimum atomic E-state index is -0.771. The van der Waals surface area contributed by atoms with E-state index in [9.17, 15) is 9.59 Å². The molecular weight excluding hydrogens is 224 g/mol. The average molecular weight is 240 g/mol. The predicted molar refractivity (Wildman–Crippen MR) is 61.1 cm³/mol. The van der Waals surface area contributed by atoms with Crippen LogP contribution in [0.15, 0.2) is 12.4 Å². The van der Waals surface area contributed by atoms with Gasteiger partial charge in [0, 0.05) is 25.9 Å². The summed E-state index contributed by atoms with van der Waals surface area (Å²) in [5, 5.41) is 2.61. The highest BCUT2D eigenvalue weighted by Gasteiger charge is 2.15. The van der Waals surface area contributed by atoms with E-state index in [1.807, 2.05) is 0 Å². The Morgan fingerprint density at radius 3 is 2.88 bits per heavy atom. The van der Waals surface area contributed by atoms with Crippen molar-refractivity contribution in [3.05, 3.63) is 12.4 Å². The van der Waals surface area contributed by atoms with Crippen molar-refractivity contribution < 1.29 is 14.3 Å². The number of nitrogens with one attached hydrogen (secondary N) is 1. The lowest BCUT2D eigenvalue weighted by Gasteiger charge is -2.09. The number of aryl methyl sites for hydroxylation is 1. The van der Waals surface area contributed by atoms with E-state index in [1.165, 1.54) is 7.11 Å². The van der Waals surface area contributed by atoms with Gasteiger partial charge in [0.15, 0.2) is 0 Å². The molecule has 0 fully saturated rings. The van der Waals surface area contributed by atoms with Crippen LogP contribution in [0.5, 0.6) is 0 Å². The molecule has 1 aromatic heterocycles. The highest BCUT2D eigenvalue weighted by molar-refractivity contribution is 5.89. The minimum absolute atomic E-state index is 0.142. The molecule has 0 aromatic carbocycles. The number of nitrogens with zero attached hydrogens (tertiary/aromatic N) is 2. The molecule has 1 amide bonds. The normalized spacial score (nSPS) is 11.9. The molecule has 1 rings (SSSR count). The van der Waals surface area contributed by atoms with Crippen molar-refractivity contribution in [2.45, 2.75) is 18.9 Å². The van der Waals surface area contributed by atoms with E-state index in [0.717, 1.165) is 0 Å². The van der Waals surface area contributed by atoms with Gasteiger partial charge in [0.2, 0.25) is 11.9 Å². The number of imidazole rings is 1. The zero-order valence-corrected chi connectivity index (χ0v) is 9.84. The summed E-state index contributed by atoms with van der Waals surface area (Å²) in [7, 11) is 3.03. The highest BCUT2D eigenvalue weighted by Crippen LogP contribution is 2.03. The molecule has 0 aliphatic carbocycles. The number of esters is 1. The summed E-state index contributed by atoms with van der Waals surface area (Å²) < 4.78 is 6.14. The van der Waals surface area contributed by atoms with Gasteiger partial charge in [-0.2, -0.15) is 0 Å². The Hall–Kier alpha value is -1.89. The number of rotatable bonds is 5. The topological polar surface area (TPSA) is 99.2 Å². The third-order valence-electron chi connectivity index (χ3n) is 2.26. The number of methoxy groups -OCH3 is 1. The predicted octanol–water partition coefficient (Wildman–Crippen LogP) is -0.361. The molecule has 0 radical (unpaired) electrons. The molecule has 0 bridgehead atoms. The number of hydrogen-bond donors (Lipinski definition) is 2. The number of nitrogens with two attached hydrogens (primary N) is 1. The summed E-state index contributed by atoms with van der Waals surface area (Å²) in [6.45, 7) is 0. The Morgan fingerprint density at radius 2 is 2.35 bits per heavy atom. The fraction of sp³-hybridized carbons (Fsp3) is 0.500. The zero-order chi connectivity index (χ0) is 12.8. The fourth-order valence-corrected chi connectivity index (χ4v) is 1.23. The molecular formula is C10H16N4O3. The Bertz CT molecular complexity index is 402. The second-order valence-corrected chi connectivity index (χ2v) is 3.58. The molecule has 1 atom stereocenters. The van der Waals surface area contributed by atoms with Gasteiger partial charge < -0.3 is 15.0 Å². The van der Waals surface area contributed by atoms with Crippen molar-refractivity contribution in [1.29, 1.82) is 0 Å². The van der Waals surface area contributed by atoms with Gasteiger partial charge in [-0.25, -0.2) is 4.98 Å². The molecule has 0 aliphatic heterocycles. The van der Waals surface area contributed by atoms with Crippen molar-refractivity contribution >= 4 is 17.8 Å². The molecule has 7 nitrogen and oxygen atoms in total. The van der Waals surface area contributed by atoms with Gasteiger partial charge in [0.25, 0.3) is 0 Å². The quantitative estimate of drug-likeness (QED) is 0.685. The van der Waals surface area contributed by atoms with Crippen LogP contribution in [0.3, 0.4) is 0 Å². The summed E-state index contributed by atoms with van der Waals surface area (Å²) in [6.07, 6.45) is 3.68. The Morgan fingerprint density at radius 1 is 1.65 bits per heavy atom. The molecule has 17 heavy (non-hydrogen) atoms. The summed E-state index contributed by atoms with van der Waals surface area (Å²) in [6, 6.07) is -0.771. The summed E-state index contributed by atoms with van der Waals surface area (Å²) >= 11 is 0. The molecule has 0 saturated heterocycles. The number of carbonyl (C=O) groups is 2. The van der Waals surface area contributed by atoms with E-state index in [4.69, 9.17) is 5.73 Å². The van der Waals surface area contributed by atoms with Gasteiger partial charge >= 0.3 is 5.97 Å². The SMILES string of the molecule is COC(=O)[C@@H](N)CCC(=O)Nc1nccn1C. The number of aromatic nitrogens is 2. The van der Waals surface area contributed by atoms with E-state index in [-0.39, 0.29) is 18.7 Å². The fourth-order valence-electron chi connectivity index (χ4n) is 1.23. The molecule has 94 valence electrons. The third kappa shape index (κ3) is 3.87. The number of anilines is 1. The van der Waals surface area contributed by atoms with Crippen LogP contribution in [0.4, 0.5) is 5.95 Å². The van der Waals surface area contributed by atoms with E-state index in [2.05, 4.69) is 15.0 Å². The summed E-state index contributed by atoms with van der Waals surface area (Å²) in [5.74, 6) is -0.296. The number of hydrogen-bond acceptors (Lipinski definition) is 5. The van der Waals surface area contributed by atoms with Crippen molar-refractivity contribution in [3.63, 3.8) is 0 Å². The van der Waals surface area contributed by atoms with E-state index >= 15 is 0 Å². The lowest BCUT2D eigenvalue weighted by atomic mass is 10.1. The van der Waals surface area contributed by atoms with Gasteiger partial charge in [-0.15, -0.1) is 0 Å². The summed E-state index contributed by atoms with van der Waals surface area (Å²) in [5.41, 5.74) is 5.50. The largest absolute Gasteiger partial charge is 0.468 e. The van der Waals surface area contributed by atoms with Crippen LogP contribution in [0, 0.1) is 0 Å². The van der Waals surface area contributed by atoms with Gasteiger partial charge in [0.05, 0.1) is 7.11 Å². The van der Waals surface area contributed by atoms with Gasteiger partial charge in [-0.1, -0.05) is 0 Å². The first-order chi connectivity index (χ1) is 8.04. The van der Waals surface area contributed by atoms with E-state index in [0.29, 0.717) is 5.95 Å². The summed E-state index contributed by atoms with van der Waals surface area (Å²) in [4.78, 5) is 26.4. The van der Waals surface area contributed by atoms with Crippen LogP contribution in [0.2, 0.25) is 0 Å². The highest BCUT2D eigenvalue weighted by atomic mass is 16.5. The molecule has 0 spiro atoms.